The Morgan fingerprint density at radius 2 is 1.89 bits per heavy atom. The molecule has 0 radical (unpaired) electrons. The number of halogens is 1. The van der Waals surface area contributed by atoms with Crippen molar-refractivity contribution in [3.8, 4) is 0 Å². The van der Waals surface area contributed by atoms with Crippen molar-refractivity contribution in [1.29, 1.82) is 0 Å². The molecular weight excluding hydrogens is 243 g/mol. The third-order valence-electron chi connectivity index (χ3n) is 2.87. The number of nitrogens with one attached hydrogen (secondary N) is 1. The molecule has 0 unspecified atom stereocenters. The number of hydrogen-bond donors (Lipinski definition) is 2. The molecule has 4 heteroatoms. The Hall–Kier alpha value is -2.36. The monoisotopic (exact) mass is 258 g/mol. The van der Waals surface area contributed by atoms with Gasteiger partial charge in [0.15, 0.2) is 0 Å². The van der Waals surface area contributed by atoms with Crippen molar-refractivity contribution >= 4 is 11.6 Å². The van der Waals surface area contributed by atoms with Gasteiger partial charge in [-0.05, 0) is 36.2 Å². The Balaban J connectivity index is 2.05. The van der Waals surface area contributed by atoms with E-state index in [1.165, 1.54) is 6.07 Å². The van der Waals surface area contributed by atoms with Gasteiger partial charge in [0.1, 0.15) is 5.82 Å². The lowest BCUT2D eigenvalue weighted by atomic mass is 10.1. The van der Waals surface area contributed by atoms with E-state index in [0.29, 0.717) is 17.8 Å². The summed E-state index contributed by atoms with van der Waals surface area (Å²) < 4.78 is 13.8. The van der Waals surface area contributed by atoms with Crippen molar-refractivity contribution in [3.05, 3.63) is 65.0 Å². The average molecular weight is 258 g/mol. The number of amides is 1. The van der Waals surface area contributed by atoms with E-state index < -0.39 is 11.7 Å². The smallest absolute Gasteiger partial charge is 0.254 e. The van der Waals surface area contributed by atoms with Gasteiger partial charge in [0, 0.05) is 12.2 Å². The second kappa shape index (κ2) is 5.52. The molecule has 3 nitrogen and oxygen atoms in total. The molecule has 3 N–H and O–H groups in total. The van der Waals surface area contributed by atoms with Crippen molar-refractivity contribution in [2.75, 3.05) is 5.73 Å². The summed E-state index contributed by atoms with van der Waals surface area (Å²) in [7, 11) is 0. The van der Waals surface area contributed by atoms with Crippen LogP contribution in [0.15, 0.2) is 42.5 Å². The first-order chi connectivity index (χ1) is 9.08. The number of benzene rings is 2. The van der Waals surface area contributed by atoms with Crippen LogP contribution in [0.1, 0.15) is 21.5 Å². The lowest BCUT2D eigenvalue weighted by Crippen LogP contribution is -2.24. The van der Waals surface area contributed by atoms with Crippen LogP contribution in [0.4, 0.5) is 10.1 Å². The standard InChI is InChI=1S/C15H15FN2O/c1-10-3-2-4-13(14(10)16)15(19)18-9-11-5-7-12(17)8-6-11/h2-8H,9,17H2,1H3,(H,18,19). The van der Waals surface area contributed by atoms with Crippen molar-refractivity contribution in [1.82, 2.24) is 5.32 Å². The molecule has 19 heavy (non-hydrogen) atoms. The van der Waals surface area contributed by atoms with Crippen molar-refractivity contribution < 1.29 is 9.18 Å². The fraction of sp³-hybridized carbons (Fsp3) is 0.133. The third kappa shape index (κ3) is 3.10. The highest BCUT2D eigenvalue weighted by molar-refractivity contribution is 5.94. The molecule has 0 saturated heterocycles. The van der Waals surface area contributed by atoms with Crippen LogP contribution in [0.25, 0.3) is 0 Å². The van der Waals surface area contributed by atoms with E-state index in [0.717, 1.165) is 5.56 Å². The molecule has 1 amide bonds. The zero-order valence-electron chi connectivity index (χ0n) is 10.6. The summed E-state index contributed by atoms with van der Waals surface area (Å²) >= 11 is 0. The lowest BCUT2D eigenvalue weighted by Gasteiger charge is -2.07. The van der Waals surface area contributed by atoms with Crippen LogP contribution in [0.3, 0.4) is 0 Å². The first kappa shape index (κ1) is 13.1. The highest BCUT2D eigenvalue weighted by Crippen LogP contribution is 2.12. The maximum absolute atomic E-state index is 13.8. The molecule has 0 bridgehead atoms. The van der Waals surface area contributed by atoms with Crippen molar-refractivity contribution in [2.45, 2.75) is 13.5 Å². The fourth-order valence-electron chi connectivity index (χ4n) is 1.74. The average Bonchev–Trinajstić information content (AvgIpc) is 2.41. The summed E-state index contributed by atoms with van der Waals surface area (Å²) in [5.74, 6) is -0.893. The van der Waals surface area contributed by atoms with Gasteiger partial charge in [-0.1, -0.05) is 24.3 Å². The van der Waals surface area contributed by atoms with Crippen LogP contribution in [-0.2, 0) is 6.54 Å². The molecule has 0 aliphatic carbocycles. The summed E-state index contributed by atoms with van der Waals surface area (Å²) in [4.78, 5) is 11.9. The maximum atomic E-state index is 13.8. The topological polar surface area (TPSA) is 55.1 Å². The number of anilines is 1. The normalized spacial score (nSPS) is 10.2. The van der Waals surface area contributed by atoms with Gasteiger partial charge in [-0.15, -0.1) is 0 Å². The summed E-state index contributed by atoms with van der Waals surface area (Å²) in [5.41, 5.74) is 7.68. The first-order valence-electron chi connectivity index (χ1n) is 5.95. The summed E-state index contributed by atoms with van der Waals surface area (Å²) in [6, 6.07) is 11.9. The van der Waals surface area contributed by atoms with E-state index in [1.54, 1.807) is 31.2 Å². The van der Waals surface area contributed by atoms with Crippen molar-refractivity contribution in [2.24, 2.45) is 0 Å². The number of hydrogen-bond acceptors (Lipinski definition) is 2. The van der Waals surface area contributed by atoms with E-state index in [2.05, 4.69) is 5.32 Å². The molecule has 0 saturated carbocycles. The largest absolute Gasteiger partial charge is 0.399 e. The SMILES string of the molecule is Cc1cccc(C(=O)NCc2ccc(N)cc2)c1F. The van der Waals surface area contributed by atoms with E-state index in [1.807, 2.05) is 12.1 Å². The molecule has 0 heterocycles. The minimum Gasteiger partial charge on any atom is -0.399 e. The van der Waals surface area contributed by atoms with Gasteiger partial charge >= 0.3 is 0 Å². The highest BCUT2D eigenvalue weighted by atomic mass is 19.1. The molecule has 2 aromatic carbocycles. The van der Waals surface area contributed by atoms with Gasteiger partial charge in [0.2, 0.25) is 0 Å². The summed E-state index contributed by atoms with van der Waals surface area (Å²) in [5, 5.41) is 2.68. The Morgan fingerprint density at radius 3 is 2.58 bits per heavy atom. The van der Waals surface area contributed by atoms with Gasteiger partial charge in [0.25, 0.3) is 5.91 Å². The van der Waals surface area contributed by atoms with Gasteiger partial charge in [-0.3, -0.25) is 4.79 Å². The molecule has 0 aliphatic heterocycles. The Morgan fingerprint density at radius 1 is 1.21 bits per heavy atom. The molecule has 2 aromatic rings. The van der Waals surface area contributed by atoms with E-state index >= 15 is 0 Å². The Kier molecular flexibility index (Phi) is 3.80. The molecule has 2 rings (SSSR count). The summed E-state index contributed by atoms with van der Waals surface area (Å²) in [6.45, 7) is 1.97. The van der Waals surface area contributed by atoms with Gasteiger partial charge in [-0.2, -0.15) is 0 Å². The molecule has 0 atom stereocenters. The van der Waals surface area contributed by atoms with Crippen LogP contribution in [-0.4, -0.2) is 5.91 Å². The fourth-order valence-corrected chi connectivity index (χ4v) is 1.74. The predicted molar refractivity (Wildman–Crippen MR) is 73.2 cm³/mol. The molecule has 0 fully saturated rings. The molecule has 98 valence electrons. The maximum Gasteiger partial charge on any atom is 0.254 e. The third-order valence-corrected chi connectivity index (χ3v) is 2.87. The minimum absolute atomic E-state index is 0.0652. The van der Waals surface area contributed by atoms with Gasteiger partial charge < -0.3 is 11.1 Å². The van der Waals surface area contributed by atoms with Crippen LogP contribution < -0.4 is 11.1 Å². The molecule has 0 spiro atoms. The van der Waals surface area contributed by atoms with Crippen molar-refractivity contribution in [3.63, 3.8) is 0 Å². The number of carbonyl (C=O) groups excluding carboxylic acids is 1. The minimum atomic E-state index is -0.475. The zero-order chi connectivity index (χ0) is 13.8. The number of nitrogens with two attached hydrogens (primary N) is 1. The van der Waals surface area contributed by atoms with Crippen LogP contribution in [0.5, 0.6) is 0 Å². The number of nitrogen functional groups attached to an aromatic ring is 1. The molecular formula is C15H15FN2O. The van der Waals surface area contributed by atoms with E-state index in [4.69, 9.17) is 5.73 Å². The summed E-state index contributed by atoms with van der Waals surface area (Å²) in [6.07, 6.45) is 0. The number of carbonyl (C=O) groups is 1. The second-order valence-electron chi connectivity index (χ2n) is 4.36. The second-order valence-corrected chi connectivity index (χ2v) is 4.36. The lowest BCUT2D eigenvalue weighted by molar-refractivity contribution is 0.0946. The van der Waals surface area contributed by atoms with E-state index in [9.17, 15) is 9.18 Å². The predicted octanol–water partition coefficient (Wildman–Crippen LogP) is 2.65. The van der Waals surface area contributed by atoms with Crippen LogP contribution in [0, 0.1) is 12.7 Å². The zero-order valence-corrected chi connectivity index (χ0v) is 10.6. The molecule has 0 aromatic heterocycles. The Labute approximate surface area is 111 Å². The Bertz CT molecular complexity index is 594. The number of aryl methyl sites for hydroxylation is 1. The van der Waals surface area contributed by atoms with Gasteiger partial charge in [-0.25, -0.2) is 4.39 Å². The van der Waals surface area contributed by atoms with E-state index in [-0.39, 0.29) is 5.56 Å². The van der Waals surface area contributed by atoms with Crippen LogP contribution >= 0.6 is 0 Å². The quantitative estimate of drug-likeness (QED) is 0.831. The van der Waals surface area contributed by atoms with Crippen LogP contribution in [0.2, 0.25) is 0 Å². The first-order valence-corrected chi connectivity index (χ1v) is 5.95. The number of rotatable bonds is 3. The highest BCUT2D eigenvalue weighted by Gasteiger charge is 2.12. The molecule has 0 aliphatic rings. The van der Waals surface area contributed by atoms with Gasteiger partial charge in [0.05, 0.1) is 5.56 Å².